The number of methoxy groups -OCH3 is 1. The zero-order valence-electron chi connectivity index (χ0n) is 13.3. The average Bonchev–Trinajstić information content (AvgIpc) is 2.44. The normalized spacial score (nSPS) is 11.1. The topological polar surface area (TPSA) is 67.6 Å². The third-order valence-corrected chi connectivity index (χ3v) is 3.37. The Morgan fingerprint density at radius 1 is 1.43 bits per heavy atom. The molecule has 21 heavy (non-hydrogen) atoms. The number of benzene rings is 1. The van der Waals surface area contributed by atoms with Gasteiger partial charge in [0.15, 0.2) is 0 Å². The summed E-state index contributed by atoms with van der Waals surface area (Å²) in [6, 6.07) is 5.56. The molecule has 0 aliphatic carbocycles. The highest BCUT2D eigenvalue weighted by atomic mass is 16.6. The van der Waals surface area contributed by atoms with Gasteiger partial charge < -0.3 is 10.1 Å². The molecule has 0 aromatic heterocycles. The Kier molecular flexibility index (Phi) is 7.11. The van der Waals surface area contributed by atoms with E-state index in [1.807, 2.05) is 13.0 Å². The first-order chi connectivity index (χ1) is 10.0. The van der Waals surface area contributed by atoms with E-state index in [4.69, 9.17) is 4.74 Å². The van der Waals surface area contributed by atoms with Gasteiger partial charge >= 0.3 is 0 Å². The second-order valence-electron chi connectivity index (χ2n) is 5.16. The number of para-hydroxylation sites is 1. The highest BCUT2D eigenvalue weighted by molar-refractivity contribution is 5.66. The third kappa shape index (κ3) is 4.99. The summed E-state index contributed by atoms with van der Waals surface area (Å²) >= 11 is 0. The smallest absolute Gasteiger partial charge is 0.292 e. The van der Waals surface area contributed by atoms with Crippen LogP contribution in [-0.2, 0) is 11.3 Å². The second-order valence-corrected chi connectivity index (χ2v) is 5.16. The first-order valence-electron chi connectivity index (χ1n) is 7.24. The Balaban J connectivity index is 3.04. The zero-order chi connectivity index (χ0) is 15.8. The molecule has 1 aromatic rings. The van der Waals surface area contributed by atoms with Crippen molar-refractivity contribution in [1.29, 1.82) is 0 Å². The summed E-state index contributed by atoms with van der Waals surface area (Å²) < 4.78 is 5.13. The average molecular weight is 295 g/mol. The van der Waals surface area contributed by atoms with E-state index >= 15 is 0 Å². The lowest BCUT2D eigenvalue weighted by Crippen LogP contribution is -2.33. The van der Waals surface area contributed by atoms with E-state index in [1.165, 1.54) is 6.07 Å². The summed E-state index contributed by atoms with van der Waals surface area (Å²) in [5.74, 6) is 0. The van der Waals surface area contributed by atoms with Crippen molar-refractivity contribution in [3.05, 3.63) is 33.9 Å². The standard InChI is InChI=1S/C15H25N3O3/c1-5-16-15-13(7-6-8-14(15)18(19)20)11-17(12(2)3)9-10-21-4/h6-8,12,16H,5,9-11H2,1-4H3. The molecule has 0 aliphatic rings. The van der Waals surface area contributed by atoms with Crippen molar-refractivity contribution in [2.45, 2.75) is 33.4 Å². The zero-order valence-corrected chi connectivity index (χ0v) is 13.3. The molecule has 1 aromatic carbocycles. The number of nitrogens with one attached hydrogen (secondary N) is 1. The Bertz CT molecular complexity index is 463. The molecular formula is C15H25N3O3. The highest BCUT2D eigenvalue weighted by Crippen LogP contribution is 2.29. The number of nitro benzene ring substituents is 1. The van der Waals surface area contributed by atoms with E-state index in [-0.39, 0.29) is 10.6 Å². The van der Waals surface area contributed by atoms with Gasteiger partial charge in [-0.25, -0.2) is 0 Å². The maximum Gasteiger partial charge on any atom is 0.292 e. The van der Waals surface area contributed by atoms with E-state index in [1.54, 1.807) is 13.2 Å². The van der Waals surface area contributed by atoms with E-state index in [9.17, 15) is 10.1 Å². The quantitative estimate of drug-likeness (QED) is 0.560. The van der Waals surface area contributed by atoms with Gasteiger partial charge in [0.1, 0.15) is 5.69 Å². The van der Waals surface area contributed by atoms with Gasteiger partial charge in [-0.3, -0.25) is 15.0 Å². The number of hydrogen-bond donors (Lipinski definition) is 1. The number of rotatable bonds is 9. The number of hydrogen-bond acceptors (Lipinski definition) is 5. The van der Waals surface area contributed by atoms with E-state index in [2.05, 4.69) is 24.1 Å². The second kappa shape index (κ2) is 8.59. The Morgan fingerprint density at radius 3 is 2.67 bits per heavy atom. The van der Waals surface area contributed by atoms with Gasteiger partial charge in [-0.1, -0.05) is 12.1 Å². The predicted molar refractivity (Wildman–Crippen MR) is 84.7 cm³/mol. The molecule has 0 amide bonds. The van der Waals surface area contributed by atoms with Crippen molar-refractivity contribution in [3.63, 3.8) is 0 Å². The van der Waals surface area contributed by atoms with Gasteiger partial charge in [0, 0.05) is 38.9 Å². The van der Waals surface area contributed by atoms with Gasteiger partial charge in [-0.15, -0.1) is 0 Å². The van der Waals surface area contributed by atoms with Gasteiger partial charge in [-0.2, -0.15) is 0 Å². The predicted octanol–water partition coefficient (Wildman–Crippen LogP) is 2.88. The fourth-order valence-corrected chi connectivity index (χ4v) is 2.20. The molecule has 0 saturated heterocycles. The van der Waals surface area contributed by atoms with Crippen molar-refractivity contribution in [2.24, 2.45) is 0 Å². The van der Waals surface area contributed by atoms with E-state index in [0.717, 1.165) is 12.1 Å². The van der Waals surface area contributed by atoms with Crippen LogP contribution in [0, 0.1) is 10.1 Å². The van der Waals surface area contributed by atoms with Crippen LogP contribution < -0.4 is 5.32 Å². The molecule has 0 aliphatic heterocycles. The number of ether oxygens (including phenoxy) is 1. The Morgan fingerprint density at radius 2 is 2.14 bits per heavy atom. The van der Waals surface area contributed by atoms with E-state index < -0.39 is 0 Å². The molecule has 1 rings (SSSR count). The molecule has 0 saturated carbocycles. The van der Waals surface area contributed by atoms with Gasteiger partial charge in [0.05, 0.1) is 11.5 Å². The molecule has 118 valence electrons. The van der Waals surface area contributed by atoms with Crippen molar-refractivity contribution < 1.29 is 9.66 Å². The number of nitro groups is 1. The van der Waals surface area contributed by atoms with Gasteiger partial charge in [0.2, 0.25) is 0 Å². The first kappa shape index (κ1) is 17.4. The summed E-state index contributed by atoms with van der Waals surface area (Å²) in [5.41, 5.74) is 1.69. The van der Waals surface area contributed by atoms with Gasteiger partial charge in [-0.05, 0) is 26.3 Å². The van der Waals surface area contributed by atoms with Crippen LogP contribution in [0.25, 0.3) is 0 Å². The first-order valence-corrected chi connectivity index (χ1v) is 7.24. The van der Waals surface area contributed by atoms with E-state index in [0.29, 0.717) is 31.4 Å². The molecule has 0 heterocycles. The van der Waals surface area contributed by atoms with Crippen LogP contribution in [0.3, 0.4) is 0 Å². The summed E-state index contributed by atoms with van der Waals surface area (Å²) in [7, 11) is 1.68. The molecule has 6 nitrogen and oxygen atoms in total. The highest BCUT2D eigenvalue weighted by Gasteiger charge is 2.19. The maximum absolute atomic E-state index is 11.2. The molecule has 0 atom stereocenters. The van der Waals surface area contributed by atoms with Crippen molar-refractivity contribution >= 4 is 11.4 Å². The Labute approximate surface area is 126 Å². The third-order valence-electron chi connectivity index (χ3n) is 3.37. The summed E-state index contributed by atoms with van der Waals surface area (Å²) in [6.07, 6.45) is 0. The lowest BCUT2D eigenvalue weighted by molar-refractivity contribution is -0.384. The van der Waals surface area contributed by atoms with Crippen LogP contribution >= 0.6 is 0 Å². The molecule has 1 N–H and O–H groups in total. The molecule has 6 heteroatoms. The molecule has 0 bridgehead atoms. The monoisotopic (exact) mass is 295 g/mol. The van der Waals surface area contributed by atoms with Crippen LogP contribution in [0.5, 0.6) is 0 Å². The number of nitrogens with zero attached hydrogens (tertiary/aromatic N) is 2. The minimum Gasteiger partial charge on any atom is -0.383 e. The lowest BCUT2D eigenvalue weighted by atomic mass is 10.1. The molecular weight excluding hydrogens is 270 g/mol. The molecule has 0 radical (unpaired) electrons. The van der Waals surface area contributed by atoms with Crippen LogP contribution in [0.15, 0.2) is 18.2 Å². The summed E-state index contributed by atoms with van der Waals surface area (Å²) in [6.45, 7) is 8.90. The van der Waals surface area contributed by atoms with Crippen LogP contribution in [0.2, 0.25) is 0 Å². The fraction of sp³-hybridized carbons (Fsp3) is 0.600. The molecule has 0 fully saturated rings. The van der Waals surface area contributed by atoms with Crippen LogP contribution in [-0.4, -0.2) is 42.7 Å². The van der Waals surface area contributed by atoms with Gasteiger partial charge in [0.25, 0.3) is 5.69 Å². The fourth-order valence-electron chi connectivity index (χ4n) is 2.20. The largest absolute Gasteiger partial charge is 0.383 e. The van der Waals surface area contributed by atoms with Crippen LogP contribution in [0.4, 0.5) is 11.4 Å². The van der Waals surface area contributed by atoms with Crippen LogP contribution in [0.1, 0.15) is 26.3 Å². The Hall–Kier alpha value is -1.66. The summed E-state index contributed by atoms with van der Waals surface area (Å²) in [5, 5.41) is 14.3. The maximum atomic E-state index is 11.2. The van der Waals surface area contributed by atoms with Crippen molar-refractivity contribution in [2.75, 3.05) is 32.1 Å². The number of anilines is 1. The summed E-state index contributed by atoms with van der Waals surface area (Å²) in [4.78, 5) is 13.1. The molecule has 0 unspecified atom stereocenters. The molecule has 0 spiro atoms. The lowest BCUT2D eigenvalue weighted by Gasteiger charge is -2.27. The van der Waals surface area contributed by atoms with Crippen molar-refractivity contribution in [1.82, 2.24) is 4.90 Å². The SMILES string of the molecule is CCNc1c(CN(CCOC)C(C)C)cccc1[N+](=O)[O-]. The minimum absolute atomic E-state index is 0.129. The minimum atomic E-state index is -0.337. The van der Waals surface area contributed by atoms with Crippen molar-refractivity contribution in [3.8, 4) is 0 Å².